The van der Waals surface area contributed by atoms with E-state index in [9.17, 15) is 0 Å². The molecule has 1 unspecified atom stereocenters. The third-order valence-electron chi connectivity index (χ3n) is 2.67. The molecule has 0 aromatic carbocycles. The molecule has 0 aliphatic heterocycles. The molecule has 1 N–H and O–H groups in total. The summed E-state index contributed by atoms with van der Waals surface area (Å²) in [5.41, 5.74) is 2.29. The van der Waals surface area contributed by atoms with Crippen molar-refractivity contribution in [1.82, 2.24) is 10.3 Å². The smallest absolute Gasteiger partial charge is 0.0715 e. The highest BCUT2D eigenvalue weighted by Gasteiger charge is 2.15. The Kier molecular flexibility index (Phi) is 7.12. The summed E-state index contributed by atoms with van der Waals surface area (Å²) in [6, 6.07) is 2.33. The number of halogens is 2. The number of rotatable bonds is 7. The Labute approximate surface area is 127 Å². The molecule has 0 spiro atoms. The summed E-state index contributed by atoms with van der Waals surface area (Å²) in [6.45, 7) is 9.22. The molecule has 0 amide bonds. The summed E-state index contributed by atoms with van der Waals surface area (Å²) in [5.74, 6) is 0. The molecule has 0 aliphatic carbocycles. The van der Waals surface area contributed by atoms with Gasteiger partial charge in [-0.15, -0.1) is 6.58 Å². The maximum absolute atomic E-state index is 4.52. The second-order valence-corrected chi connectivity index (χ2v) is 6.29. The van der Waals surface area contributed by atoms with E-state index in [-0.39, 0.29) is 6.04 Å². The van der Waals surface area contributed by atoms with E-state index >= 15 is 0 Å². The highest BCUT2D eigenvalue weighted by Crippen LogP contribution is 2.27. The van der Waals surface area contributed by atoms with E-state index in [4.69, 9.17) is 0 Å². The first-order valence-corrected chi connectivity index (χ1v) is 7.82. The van der Waals surface area contributed by atoms with Crippen LogP contribution in [0.25, 0.3) is 0 Å². The van der Waals surface area contributed by atoms with Gasteiger partial charge in [0.2, 0.25) is 0 Å². The molecule has 1 rings (SSSR count). The van der Waals surface area contributed by atoms with Gasteiger partial charge in [-0.2, -0.15) is 0 Å². The van der Waals surface area contributed by atoms with Gasteiger partial charge in [0.1, 0.15) is 0 Å². The quantitative estimate of drug-likeness (QED) is 0.678. The van der Waals surface area contributed by atoms with Crippen LogP contribution in [-0.2, 0) is 0 Å². The maximum atomic E-state index is 4.52. The van der Waals surface area contributed by atoms with Gasteiger partial charge in [0.05, 0.1) is 11.7 Å². The zero-order valence-corrected chi connectivity index (χ0v) is 14.1. The number of aromatic nitrogens is 1. The lowest BCUT2D eigenvalue weighted by Crippen LogP contribution is -2.23. The zero-order valence-electron chi connectivity index (χ0n) is 11.0. The number of allylic oxidation sites excluding steroid dienone is 1. The number of pyridine rings is 1. The third kappa shape index (κ3) is 5.21. The molecule has 0 saturated carbocycles. The van der Waals surface area contributed by atoms with Gasteiger partial charge < -0.3 is 5.32 Å². The Bertz CT molecular complexity index is 405. The monoisotopic (exact) mass is 374 g/mol. The molecule has 0 radical (unpaired) electrons. The summed E-state index contributed by atoms with van der Waals surface area (Å²) < 4.78 is 2.04. The molecule has 1 atom stereocenters. The van der Waals surface area contributed by atoms with Gasteiger partial charge in [-0.3, -0.25) is 4.98 Å². The molecule has 2 nitrogen and oxygen atoms in total. The van der Waals surface area contributed by atoms with E-state index in [1.165, 1.54) is 5.57 Å². The Morgan fingerprint density at radius 1 is 1.50 bits per heavy atom. The zero-order chi connectivity index (χ0) is 13.5. The largest absolute Gasteiger partial charge is 0.309 e. The van der Waals surface area contributed by atoms with Gasteiger partial charge in [0, 0.05) is 15.1 Å². The van der Waals surface area contributed by atoms with E-state index in [1.54, 1.807) is 0 Å². The fourth-order valence-corrected chi connectivity index (χ4v) is 2.99. The van der Waals surface area contributed by atoms with E-state index in [0.717, 1.165) is 40.4 Å². The van der Waals surface area contributed by atoms with Crippen molar-refractivity contribution in [3.05, 3.63) is 39.1 Å². The van der Waals surface area contributed by atoms with Crippen molar-refractivity contribution in [2.45, 2.75) is 39.2 Å². The lowest BCUT2D eigenvalue weighted by Gasteiger charge is -2.19. The average Bonchev–Trinajstić information content (AvgIpc) is 2.30. The Hall–Kier alpha value is -0.190. The van der Waals surface area contributed by atoms with Gasteiger partial charge in [-0.1, -0.05) is 12.5 Å². The summed E-state index contributed by atoms with van der Waals surface area (Å²) in [4.78, 5) is 4.52. The predicted molar refractivity (Wildman–Crippen MR) is 84.7 cm³/mol. The van der Waals surface area contributed by atoms with Gasteiger partial charge in [0.15, 0.2) is 0 Å². The van der Waals surface area contributed by atoms with E-state index in [0.29, 0.717) is 0 Å². The van der Waals surface area contributed by atoms with Gasteiger partial charge >= 0.3 is 0 Å². The first kappa shape index (κ1) is 15.9. The summed E-state index contributed by atoms with van der Waals surface area (Å²) in [7, 11) is 0. The minimum atomic E-state index is 0.282. The molecule has 100 valence electrons. The number of hydrogen-bond donors (Lipinski definition) is 1. The average molecular weight is 376 g/mol. The van der Waals surface area contributed by atoms with Crippen molar-refractivity contribution in [1.29, 1.82) is 0 Å². The normalized spacial score (nSPS) is 12.4. The minimum Gasteiger partial charge on any atom is -0.309 e. The van der Waals surface area contributed by atoms with Gasteiger partial charge in [-0.05, 0) is 70.7 Å². The number of hydrogen-bond acceptors (Lipinski definition) is 2. The van der Waals surface area contributed by atoms with Crippen LogP contribution in [0.5, 0.6) is 0 Å². The van der Waals surface area contributed by atoms with Crippen molar-refractivity contribution < 1.29 is 0 Å². The van der Waals surface area contributed by atoms with Crippen LogP contribution >= 0.6 is 31.9 Å². The fourth-order valence-electron chi connectivity index (χ4n) is 1.73. The molecular weight excluding hydrogens is 356 g/mol. The Morgan fingerprint density at radius 2 is 2.22 bits per heavy atom. The maximum Gasteiger partial charge on any atom is 0.0715 e. The van der Waals surface area contributed by atoms with Crippen LogP contribution in [0.15, 0.2) is 33.4 Å². The van der Waals surface area contributed by atoms with Crippen LogP contribution in [-0.4, -0.2) is 11.5 Å². The standard InChI is InChI=1S/C14H20Br2N2/c1-4-7-17-13(6-5-10(2)3)14-12(16)8-11(15)9-18-14/h8-9,13,17H,2,4-7H2,1,3H3. The van der Waals surface area contributed by atoms with Crippen LogP contribution in [0.1, 0.15) is 44.8 Å². The van der Waals surface area contributed by atoms with Crippen molar-refractivity contribution in [2.24, 2.45) is 0 Å². The molecule has 1 aromatic rings. The Morgan fingerprint density at radius 3 is 2.78 bits per heavy atom. The molecule has 0 fully saturated rings. The second-order valence-electron chi connectivity index (χ2n) is 4.52. The molecule has 1 heterocycles. The first-order valence-electron chi connectivity index (χ1n) is 6.23. The highest BCUT2D eigenvalue weighted by atomic mass is 79.9. The van der Waals surface area contributed by atoms with Crippen molar-refractivity contribution in [3.8, 4) is 0 Å². The molecule has 0 aliphatic rings. The first-order chi connectivity index (χ1) is 8.54. The van der Waals surface area contributed by atoms with E-state index in [1.807, 2.05) is 12.3 Å². The van der Waals surface area contributed by atoms with Crippen molar-refractivity contribution in [2.75, 3.05) is 6.54 Å². The minimum absolute atomic E-state index is 0.282. The topological polar surface area (TPSA) is 24.9 Å². The fraction of sp³-hybridized carbons (Fsp3) is 0.500. The summed E-state index contributed by atoms with van der Waals surface area (Å²) in [5, 5.41) is 3.55. The van der Waals surface area contributed by atoms with E-state index < -0.39 is 0 Å². The van der Waals surface area contributed by atoms with Crippen molar-refractivity contribution in [3.63, 3.8) is 0 Å². The number of nitrogens with one attached hydrogen (secondary N) is 1. The van der Waals surface area contributed by atoms with E-state index in [2.05, 4.69) is 62.6 Å². The third-order valence-corrected chi connectivity index (χ3v) is 3.74. The summed E-state index contributed by atoms with van der Waals surface area (Å²) in [6.07, 6.45) is 5.02. The lowest BCUT2D eigenvalue weighted by atomic mass is 10.0. The lowest BCUT2D eigenvalue weighted by molar-refractivity contribution is 0.486. The number of nitrogens with zero attached hydrogens (tertiary/aromatic N) is 1. The van der Waals surface area contributed by atoms with Gasteiger partial charge in [-0.25, -0.2) is 0 Å². The van der Waals surface area contributed by atoms with Crippen LogP contribution in [0.2, 0.25) is 0 Å². The van der Waals surface area contributed by atoms with Crippen molar-refractivity contribution >= 4 is 31.9 Å². The molecule has 0 saturated heterocycles. The predicted octanol–water partition coefficient (Wildman–Crippen LogP) is 5.00. The molecule has 1 aromatic heterocycles. The van der Waals surface area contributed by atoms with Gasteiger partial charge in [0.25, 0.3) is 0 Å². The second kappa shape index (κ2) is 8.08. The molecule has 4 heteroatoms. The van der Waals surface area contributed by atoms with Crippen LogP contribution in [0.3, 0.4) is 0 Å². The summed E-state index contributed by atoms with van der Waals surface area (Å²) >= 11 is 7.03. The molecule has 0 bridgehead atoms. The van der Waals surface area contributed by atoms with Crippen LogP contribution < -0.4 is 5.32 Å². The van der Waals surface area contributed by atoms with Crippen LogP contribution in [0, 0.1) is 0 Å². The molecular formula is C14H20Br2N2. The Balaban J connectivity index is 2.82. The van der Waals surface area contributed by atoms with Crippen LogP contribution in [0.4, 0.5) is 0 Å². The molecule has 18 heavy (non-hydrogen) atoms. The highest BCUT2D eigenvalue weighted by molar-refractivity contribution is 9.11. The SMILES string of the molecule is C=C(C)CCC(NCCC)c1ncc(Br)cc1Br.